The van der Waals surface area contributed by atoms with Crippen molar-refractivity contribution in [1.29, 1.82) is 0 Å². The average molecular weight is 345 g/mol. The molecule has 0 spiro atoms. The van der Waals surface area contributed by atoms with Crippen LogP contribution in [0, 0.1) is 0 Å². The second-order valence-electron chi connectivity index (χ2n) is 5.23. The molecule has 24 heavy (non-hydrogen) atoms. The Balaban J connectivity index is 1.59. The Morgan fingerprint density at radius 1 is 1.42 bits per heavy atom. The summed E-state index contributed by atoms with van der Waals surface area (Å²) in [7, 11) is 0. The Bertz CT molecular complexity index is 785. The zero-order valence-corrected chi connectivity index (χ0v) is 13.6. The highest BCUT2D eigenvalue weighted by atomic mass is 32.1. The van der Waals surface area contributed by atoms with Crippen LogP contribution in [0.5, 0.6) is 0 Å². The highest BCUT2D eigenvalue weighted by molar-refractivity contribution is 7.13. The number of anilines is 2. The lowest BCUT2D eigenvalue weighted by molar-refractivity contribution is 0.0476. The molecule has 0 fully saturated rings. The van der Waals surface area contributed by atoms with Crippen LogP contribution < -0.4 is 10.6 Å². The van der Waals surface area contributed by atoms with Crippen molar-refractivity contribution in [3.05, 3.63) is 53.6 Å². The quantitative estimate of drug-likeness (QED) is 0.627. The fourth-order valence-corrected chi connectivity index (χ4v) is 2.40. The number of aliphatic hydroxyl groups is 1. The maximum absolute atomic E-state index is 12.0. The number of pyridine rings is 1. The lowest BCUT2D eigenvalue weighted by Crippen LogP contribution is -2.30. The molecule has 0 radical (unpaired) electrons. The van der Waals surface area contributed by atoms with Crippen molar-refractivity contribution in [2.75, 3.05) is 17.2 Å². The Labute approximate surface area is 141 Å². The number of hydrogen-bond donors (Lipinski definition) is 3. The number of nitrogens with one attached hydrogen (secondary N) is 2. The van der Waals surface area contributed by atoms with Gasteiger partial charge < -0.3 is 14.8 Å². The first-order valence-corrected chi connectivity index (χ1v) is 7.96. The summed E-state index contributed by atoms with van der Waals surface area (Å²) >= 11 is 1.23. The van der Waals surface area contributed by atoms with Crippen LogP contribution in [-0.4, -0.2) is 32.7 Å². The van der Waals surface area contributed by atoms with Crippen molar-refractivity contribution in [2.24, 2.45) is 0 Å². The number of amides is 1. The maximum atomic E-state index is 12.0. The standard InChI is InChI=1S/C15H15N5O3S/c1-15(22,11-3-2-6-23-11)8-17-12-5-4-10(7-16-12)13(21)19-14-20-18-9-24-14/h2-7,9,22H,8H2,1H3,(H,16,17)(H,19,20,21). The molecular formula is C15H15N5O3S. The zero-order chi connectivity index (χ0) is 17.0. The van der Waals surface area contributed by atoms with Crippen LogP contribution >= 0.6 is 11.3 Å². The predicted molar refractivity (Wildman–Crippen MR) is 88.9 cm³/mol. The molecule has 3 rings (SSSR count). The van der Waals surface area contributed by atoms with Gasteiger partial charge in [-0.1, -0.05) is 11.3 Å². The van der Waals surface area contributed by atoms with E-state index < -0.39 is 5.60 Å². The number of carbonyl (C=O) groups is 1. The number of furan rings is 1. The summed E-state index contributed by atoms with van der Waals surface area (Å²) in [5.74, 6) is 0.686. The molecule has 0 aliphatic carbocycles. The average Bonchev–Trinajstić information content (AvgIpc) is 3.27. The summed E-state index contributed by atoms with van der Waals surface area (Å²) in [5.41, 5.74) is 0.763. The molecule has 1 unspecified atom stereocenters. The van der Waals surface area contributed by atoms with Gasteiger partial charge in [0.05, 0.1) is 18.4 Å². The SMILES string of the molecule is CC(O)(CNc1ccc(C(=O)Nc2nncs2)cn1)c1ccco1. The van der Waals surface area contributed by atoms with Crippen molar-refractivity contribution in [2.45, 2.75) is 12.5 Å². The Kier molecular flexibility index (Phi) is 4.54. The number of nitrogens with zero attached hydrogens (tertiary/aromatic N) is 3. The first-order valence-electron chi connectivity index (χ1n) is 7.08. The van der Waals surface area contributed by atoms with Crippen LogP contribution in [0.15, 0.2) is 46.7 Å². The van der Waals surface area contributed by atoms with Crippen molar-refractivity contribution >= 4 is 28.2 Å². The van der Waals surface area contributed by atoms with E-state index in [1.807, 2.05) is 0 Å². The summed E-state index contributed by atoms with van der Waals surface area (Å²) in [5, 5.41) is 23.8. The van der Waals surface area contributed by atoms with Gasteiger partial charge in [0.1, 0.15) is 22.7 Å². The van der Waals surface area contributed by atoms with E-state index in [0.717, 1.165) is 0 Å². The number of hydrogen-bond acceptors (Lipinski definition) is 8. The van der Waals surface area contributed by atoms with Gasteiger partial charge in [0.15, 0.2) is 0 Å². The summed E-state index contributed by atoms with van der Waals surface area (Å²) in [6, 6.07) is 6.71. The highest BCUT2D eigenvalue weighted by Gasteiger charge is 2.26. The molecule has 0 bridgehead atoms. The predicted octanol–water partition coefficient (Wildman–Crippen LogP) is 2.10. The topological polar surface area (TPSA) is 113 Å². The van der Waals surface area contributed by atoms with Gasteiger partial charge in [-0.05, 0) is 31.2 Å². The minimum atomic E-state index is -1.17. The van der Waals surface area contributed by atoms with E-state index in [2.05, 4.69) is 25.8 Å². The van der Waals surface area contributed by atoms with E-state index in [4.69, 9.17) is 4.42 Å². The van der Waals surface area contributed by atoms with Crippen molar-refractivity contribution in [3.63, 3.8) is 0 Å². The monoisotopic (exact) mass is 345 g/mol. The van der Waals surface area contributed by atoms with E-state index in [1.165, 1.54) is 29.3 Å². The number of carbonyl (C=O) groups excluding carboxylic acids is 1. The molecule has 9 heteroatoms. The van der Waals surface area contributed by atoms with Crippen LogP contribution in [-0.2, 0) is 5.60 Å². The largest absolute Gasteiger partial charge is 0.466 e. The fraction of sp³-hybridized carbons (Fsp3) is 0.200. The molecule has 124 valence electrons. The molecule has 0 aliphatic heterocycles. The third kappa shape index (κ3) is 3.76. The first kappa shape index (κ1) is 16.1. The van der Waals surface area contributed by atoms with Gasteiger partial charge in [0.2, 0.25) is 5.13 Å². The summed E-state index contributed by atoms with van der Waals surface area (Å²) < 4.78 is 5.21. The second-order valence-corrected chi connectivity index (χ2v) is 6.07. The van der Waals surface area contributed by atoms with Crippen LogP contribution in [0.4, 0.5) is 10.9 Å². The van der Waals surface area contributed by atoms with Gasteiger partial charge >= 0.3 is 0 Å². The maximum Gasteiger partial charge on any atom is 0.259 e. The van der Waals surface area contributed by atoms with Crippen LogP contribution in [0.2, 0.25) is 0 Å². The Hall–Kier alpha value is -2.78. The zero-order valence-electron chi connectivity index (χ0n) is 12.8. The van der Waals surface area contributed by atoms with Crippen LogP contribution in [0.3, 0.4) is 0 Å². The normalized spacial score (nSPS) is 13.2. The van der Waals surface area contributed by atoms with Gasteiger partial charge in [0, 0.05) is 6.20 Å². The van der Waals surface area contributed by atoms with Crippen LogP contribution in [0.1, 0.15) is 23.0 Å². The van der Waals surface area contributed by atoms with E-state index >= 15 is 0 Å². The summed E-state index contributed by atoms with van der Waals surface area (Å²) in [6.45, 7) is 1.85. The van der Waals surface area contributed by atoms with E-state index in [0.29, 0.717) is 22.3 Å². The van der Waals surface area contributed by atoms with Gasteiger partial charge in [-0.15, -0.1) is 10.2 Å². The molecule has 0 saturated carbocycles. The first-order chi connectivity index (χ1) is 11.5. The smallest absolute Gasteiger partial charge is 0.259 e. The Morgan fingerprint density at radius 2 is 2.29 bits per heavy atom. The molecule has 3 aromatic heterocycles. The van der Waals surface area contributed by atoms with Gasteiger partial charge in [-0.2, -0.15) is 0 Å². The summed E-state index contributed by atoms with van der Waals surface area (Å²) in [6.07, 6.45) is 2.95. The van der Waals surface area contributed by atoms with Gasteiger partial charge in [-0.3, -0.25) is 10.1 Å². The summed E-state index contributed by atoms with van der Waals surface area (Å²) in [4.78, 5) is 16.2. The van der Waals surface area contributed by atoms with E-state index in [1.54, 1.807) is 31.2 Å². The minimum Gasteiger partial charge on any atom is -0.466 e. The third-order valence-electron chi connectivity index (χ3n) is 3.27. The lowest BCUT2D eigenvalue weighted by Gasteiger charge is -2.21. The number of rotatable bonds is 6. The second kappa shape index (κ2) is 6.77. The van der Waals surface area contributed by atoms with E-state index in [-0.39, 0.29) is 12.5 Å². The molecule has 3 N–H and O–H groups in total. The Morgan fingerprint density at radius 3 is 2.92 bits per heavy atom. The molecule has 1 amide bonds. The molecule has 0 aromatic carbocycles. The van der Waals surface area contributed by atoms with Crippen LogP contribution in [0.25, 0.3) is 0 Å². The molecule has 3 aromatic rings. The van der Waals surface area contributed by atoms with Gasteiger partial charge in [0.25, 0.3) is 5.91 Å². The van der Waals surface area contributed by atoms with E-state index in [9.17, 15) is 9.90 Å². The number of aromatic nitrogens is 3. The van der Waals surface area contributed by atoms with Crippen molar-refractivity contribution < 1.29 is 14.3 Å². The molecule has 3 heterocycles. The fourth-order valence-electron chi connectivity index (χ4n) is 1.96. The third-order valence-corrected chi connectivity index (χ3v) is 3.88. The van der Waals surface area contributed by atoms with Crippen molar-refractivity contribution in [1.82, 2.24) is 15.2 Å². The molecule has 0 saturated heterocycles. The molecule has 1 atom stereocenters. The molecular weight excluding hydrogens is 330 g/mol. The highest BCUT2D eigenvalue weighted by Crippen LogP contribution is 2.21. The molecule has 8 nitrogen and oxygen atoms in total. The minimum absolute atomic E-state index is 0.212. The van der Waals surface area contributed by atoms with Crippen molar-refractivity contribution in [3.8, 4) is 0 Å². The lowest BCUT2D eigenvalue weighted by atomic mass is 10.0. The van der Waals surface area contributed by atoms with Gasteiger partial charge in [-0.25, -0.2) is 4.98 Å². The molecule has 0 aliphatic rings.